The first-order chi connectivity index (χ1) is 14.0. The van der Waals surface area contributed by atoms with E-state index in [4.69, 9.17) is 4.74 Å². The third kappa shape index (κ3) is 4.65. The Labute approximate surface area is 173 Å². The van der Waals surface area contributed by atoms with Gasteiger partial charge in [0.05, 0.1) is 24.1 Å². The van der Waals surface area contributed by atoms with E-state index < -0.39 is 0 Å². The van der Waals surface area contributed by atoms with Gasteiger partial charge in [0, 0.05) is 12.1 Å². The van der Waals surface area contributed by atoms with E-state index >= 15 is 0 Å². The van der Waals surface area contributed by atoms with E-state index in [0.717, 1.165) is 5.56 Å². The van der Waals surface area contributed by atoms with Crippen LogP contribution in [0.5, 0.6) is 5.75 Å². The highest BCUT2D eigenvalue weighted by Crippen LogP contribution is 2.30. The summed E-state index contributed by atoms with van der Waals surface area (Å²) in [6, 6.07) is 14.6. The molecule has 8 heteroatoms. The number of nitrogens with one attached hydrogen (secondary N) is 1. The molecular formula is C21H22N4O3S. The van der Waals surface area contributed by atoms with Crippen molar-refractivity contribution in [2.24, 2.45) is 0 Å². The fraction of sp³-hybridized carbons (Fsp3) is 0.238. The molecule has 2 aromatic carbocycles. The predicted molar refractivity (Wildman–Crippen MR) is 113 cm³/mol. The number of hydrogen-bond acceptors (Lipinski definition) is 6. The Morgan fingerprint density at radius 2 is 1.83 bits per heavy atom. The highest BCUT2D eigenvalue weighted by molar-refractivity contribution is 7.99. The van der Waals surface area contributed by atoms with E-state index in [1.807, 2.05) is 35.8 Å². The van der Waals surface area contributed by atoms with Crippen LogP contribution in [0.3, 0.4) is 0 Å². The van der Waals surface area contributed by atoms with Crippen LogP contribution >= 0.6 is 11.8 Å². The lowest BCUT2D eigenvalue weighted by molar-refractivity contribution is -0.113. The molecule has 0 spiro atoms. The number of thioether (sulfide) groups is 1. The Kier molecular flexibility index (Phi) is 6.66. The van der Waals surface area contributed by atoms with Gasteiger partial charge in [-0.2, -0.15) is 0 Å². The van der Waals surface area contributed by atoms with Crippen molar-refractivity contribution in [3.63, 3.8) is 0 Å². The van der Waals surface area contributed by atoms with Crippen LogP contribution in [0, 0.1) is 0 Å². The van der Waals surface area contributed by atoms with Gasteiger partial charge in [0.2, 0.25) is 5.91 Å². The number of aromatic nitrogens is 3. The first-order valence-electron chi connectivity index (χ1n) is 9.14. The number of amides is 1. The van der Waals surface area contributed by atoms with E-state index in [2.05, 4.69) is 15.5 Å². The van der Waals surface area contributed by atoms with Crippen molar-refractivity contribution < 1.29 is 14.3 Å². The van der Waals surface area contributed by atoms with Gasteiger partial charge < -0.3 is 14.6 Å². The summed E-state index contributed by atoms with van der Waals surface area (Å²) >= 11 is 1.29. The van der Waals surface area contributed by atoms with Crippen molar-refractivity contribution >= 4 is 29.1 Å². The second-order valence-electron chi connectivity index (χ2n) is 6.19. The van der Waals surface area contributed by atoms with Gasteiger partial charge in [-0.05, 0) is 38.1 Å². The molecule has 1 amide bonds. The summed E-state index contributed by atoms with van der Waals surface area (Å²) in [5, 5.41) is 12.0. The van der Waals surface area contributed by atoms with Gasteiger partial charge in [-0.1, -0.05) is 36.0 Å². The van der Waals surface area contributed by atoms with E-state index in [1.54, 1.807) is 31.4 Å². The van der Waals surface area contributed by atoms with Crippen LogP contribution in [0.25, 0.3) is 11.4 Å². The molecular weight excluding hydrogens is 388 g/mol. The summed E-state index contributed by atoms with van der Waals surface area (Å²) in [4.78, 5) is 24.1. The number of carbonyl (C=O) groups is 2. The molecule has 29 heavy (non-hydrogen) atoms. The molecule has 0 aliphatic carbocycles. The van der Waals surface area contributed by atoms with Crippen LogP contribution < -0.4 is 10.1 Å². The molecule has 1 N–H and O–H groups in total. The number of nitrogens with zero attached hydrogens (tertiary/aromatic N) is 3. The average molecular weight is 410 g/mol. The van der Waals surface area contributed by atoms with Crippen molar-refractivity contribution in [2.45, 2.75) is 25.5 Å². The molecule has 0 fully saturated rings. The molecule has 0 aliphatic heterocycles. The minimum Gasteiger partial charge on any atom is -0.496 e. The number of ketones is 1. The first kappa shape index (κ1) is 20.6. The first-order valence-corrected chi connectivity index (χ1v) is 10.1. The standard InChI is InChI=1S/C21H22N4O3S/c1-4-25-20(16-10-6-8-12-18(16)28-3)23-24-21(25)29-13-19(27)22-17-11-7-5-9-15(17)14(2)26/h5-12H,4,13H2,1-3H3,(H,22,27). The SMILES string of the molecule is CCn1c(SCC(=O)Nc2ccccc2C(C)=O)nnc1-c1ccccc1OC. The molecule has 3 rings (SSSR count). The Morgan fingerprint density at radius 3 is 2.55 bits per heavy atom. The number of ether oxygens (including phenoxy) is 1. The highest BCUT2D eigenvalue weighted by Gasteiger charge is 2.17. The fourth-order valence-electron chi connectivity index (χ4n) is 2.92. The molecule has 0 saturated carbocycles. The van der Waals surface area contributed by atoms with E-state index in [0.29, 0.717) is 34.5 Å². The van der Waals surface area contributed by atoms with Gasteiger partial charge >= 0.3 is 0 Å². The monoisotopic (exact) mass is 410 g/mol. The largest absolute Gasteiger partial charge is 0.496 e. The van der Waals surface area contributed by atoms with Crippen molar-refractivity contribution in [1.82, 2.24) is 14.8 Å². The van der Waals surface area contributed by atoms with Crippen LogP contribution in [0.1, 0.15) is 24.2 Å². The summed E-state index contributed by atoms with van der Waals surface area (Å²) in [7, 11) is 1.62. The maximum Gasteiger partial charge on any atom is 0.234 e. The van der Waals surface area contributed by atoms with Gasteiger partial charge in [-0.25, -0.2) is 0 Å². The zero-order valence-electron chi connectivity index (χ0n) is 16.5. The van der Waals surface area contributed by atoms with Crippen molar-refractivity contribution in [2.75, 3.05) is 18.2 Å². The number of para-hydroxylation sites is 2. The lowest BCUT2D eigenvalue weighted by Crippen LogP contribution is -2.16. The second kappa shape index (κ2) is 9.38. The number of benzene rings is 2. The van der Waals surface area contributed by atoms with Crippen LogP contribution in [0.15, 0.2) is 53.7 Å². The summed E-state index contributed by atoms with van der Waals surface area (Å²) in [6.45, 7) is 4.12. The maximum absolute atomic E-state index is 12.4. The third-order valence-corrected chi connectivity index (χ3v) is 5.26. The summed E-state index contributed by atoms with van der Waals surface area (Å²) in [6.07, 6.45) is 0. The molecule has 0 atom stereocenters. The minimum atomic E-state index is -0.215. The summed E-state index contributed by atoms with van der Waals surface area (Å²) in [5.41, 5.74) is 1.84. The molecule has 1 heterocycles. The lowest BCUT2D eigenvalue weighted by Gasteiger charge is -2.11. The van der Waals surface area contributed by atoms with Gasteiger partial charge in [-0.3, -0.25) is 9.59 Å². The van der Waals surface area contributed by atoms with Gasteiger partial charge in [0.25, 0.3) is 0 Å². The Hall–Kier alpha value is -3.13. The van der Waals surface area contributed by atoms with Crippen LogP contribution in [-0.2, 0) is 11.3 Å². The van der Waals surface area contributed by atoms with Crippen LogP contribution in [0.4, 0.5) is 5.69 Å². The molecule has 0 bridgehead atoms. The average Bonchev–Trinajstić information content (AvgIpc) is 3.15. The predicted octanol–water partition coefficient (Wildman–Crippen LogP) is 3.91. The number of Topliss-reactive ketones (excluding diaryl/α,β-unsaturated/α-hetero) is 1. The number of carbonyl (C=O) groups excluding carboxylic acids is 2. The maximum atomic E-state index is 12.4. The quantitative estimate of drug-likeness (QED) is 0.448. The minimum absolute atomic E-state index is 0.0965. The molecule has 150 valence electrons. The molecule has 7 nitrogen and oxygen atoms in total. The van der Waals surface area contributed by atoms with Crippen molar-refractivity contribution in [3.05, 3.63) is 54.1 Å². The highest BCUT2D eigenvalue weighted by atomic mass is 32.2. The van der Waals surface area contributed by atoms with Crippen molar-refractivity contribution in [3.8, 4) is 17.1 Å². The second-order valence-corrected chi connectivity index (χ2v) is 7.13. The zero-order valence-corrected chi connectivity index (χ0v) is 17.3. The molecule has 0 aliphatic rings. The zero-order chi connectivity index (χ0) is 20.8. The van der Waals surface area contributed by atoms with E-state index in [9.17, 15) is 9.59 Å². The summed E-state index contributed by atoms with van der Waals surface area (Å²) in [5.74, 6) is 1.24. The molecule has 0 saturated heterocycles. The van der Waals surface area contributed by atoms with Gasteiger partial charge in [0.15, 0.2) is 16.8 Å². The van der Waals surface area contributed by atoms with E-state index in [-0.39, 0.29) is 17.4 Å². The lowest BCUT2D eigenvalue weighted by atomic mass is 10.1. The number of methoxy groups -OCH3 is 1. The fourth-order valence-corrected chi connectivity index (χ4v) is 3.73. The topological polar surface area (TPSA) is 86.1 Å². The molecule has 0 unspecified atom stereocenters. The van der Waals surface area contributed by atoms with Crippen molar-refractivity contribution in [1.29, 1.82) is 0 Å². The van der Waals surface area contributed by atoms with Crippen LogP contribution in [0.2, 0.25) is 0 Å². The molecule has 1 aromatic heterocycles. The van der Waals surface area contributed by atoms with Gasteiger partial charge in [-0.15, -0.1) is 10.2 Å². The molecule has 0 radical (unpaired) electrons. The van der Waals surface area contributed by atoms with E-state index in [1.165, 1.54) is 18.7 Å². The molecule has 3 aromatic rings. The summed E-state index contributed by atoms with van der Waals surface area (Å²) < 4.78 is 7.37. The third-order valence-electron chi connectivity index (χ3n) is 4.29. The van der Waals surface area contributed by atoms with Crippen LogP contribution in [-0.4, -0.2) is 39.3 Å². The van der Waals surface area contributed by atoms with Gasteiger partial charge in [0.1, 0.15) is 5.75 Å². The Bertz CT molecular complexity index is 1030. The number of anilines is 1. The Balaban J connectivity index is 1.74. The smallest absolute Gasteiger partial charge is 0.234 e. The number of rotatable bonds is 8. The number of hydrogen-bond donors (Lipinski definition) is 1. The normalized spacial score (nSPS) is 10.6. The Morgan fingerprint density at radius 1 is 1.10 bits per heavy atom.